The average Bonchev–Trinajstić information content (AvgIpc) is 2.76. The van der Waals surface area contributed by atoms with E-state index in [0.717, 1.165) is 0 Å². The molecular weight excluding hydrogens is 464 g/mol. The third-order valence-electron chi connectivity index (χ3n) is 4.53. The number of nitrogens with zero attached hydrogens (tertiary/aromatic N) is 5. The van der Waals surface area contributed by atoms with E-state index in [1.165, 1.54) is 4.90 Å². The number of hydrogen-bond acceptors (Lipinski definition) is 8. The van der Waals surface area contributed by atoms with Gasteiger partial charge in [-0.1, -0.05) is 0 Å². The first-order chi connectivity index (χ1) is 15.4. The molecule has 2 aromatic rings. The van der Waals surface area contributed by atoms with Crippen LogP contribution in [0.2, 0.25) is 0 Å². The predicted molar refractivity (Wildman–Crippen MR) is 101 cm³/mol. The number of carbonyl (C=O) groups is 1. The maximum absolute atomic E-state index is 12.7. The lowest BCUT2D eigenvalue weighted by Crippen LogP contribution is -2.49. The second kappa shape index (κ2) is 9.50. The van der Waals surface area contributed by atoms with Crippen LogP contribution < -0.4 is 15.8 Å². The maximum Gasteiger partial charge on any atom is 0.421 e. The van der Waals surface area contributed by atoms with Crippen molar-refractivity contribution in [2.24, 2.45) is 0 Å². The molecule has 1 aliphatic rings. The Labute approximate surface area is 181 Å². The second-order valence-electron chi connectivity index (χ2n) is 6.78. The number of rotatable bonds is 5. The molecule has 1 fully saturated rings. The van der Waals surface area contributed by atoms with Gasteiger partial charge >= 0.3 is 18.4 Å². The van der Waals surface area contributed by atoms with Crippen LogP contribution in [0.5, 0.6) is 0 Å². The molecule has 0 saturated carbocycles. The molecular formula is C17H17F6N7O3. The van der Waals surface area contributed by atoms with Crippen molar-refractivity contribution in [3.8, 4) is 0 Å². The molecule has 2 N–H and O–H groups in total. The topological polar surface area (TPSA) is 116 Å². The summed E-state index contributed by atoms with van der Waals surface area (Å²) in [5.41, 5.74) is -3.75. The summed E-state index contributed by atoms with van der Waals surface area (Å²) in [5, 5.41) is 7.67. The number of anilines is 2. The number of carbonyl (C=O) groups excluding carboxylic acids is 1. The number of aromatic amines is 1. The highest BCUT2D eigenvalue weighted by Crippen LogP contribution is 2.28. The molecule has 0 unspecified atom stereocenters. The predicted octanol–water partition coefficient (Wildman–Crippen LogP) is 1.97. The lowest BCUT2D eigenvalue weighted by atomic mass is 10.3. The zero-order chi connectivity index (χ0) is 24.2. The van der Waals surface area contributed by atoms with E-state index in [-0.39, 0.29) is 51.1 Å². The Morgan fingerprint density at radius 1 is 1.06 bits per heavy atom. The van der Waals surface area contributed by atoms with Gasteiger partial charge < -0.3 is 19.9 Å². The van der Waals surface area contributed by atoms with Gasteiger partial charge in [0.05, 0.1) is 12.1 Å². The van der Waals surface area contributed by atoms with Gasteiger partial charge in [0.2, 0.25) is 5.95 Å². The molecule has 0 bridgehead atoms. The number of piperazine rings is 1. The van der Waals surface area contributed by atoms with Crippen LogP contribution in [-0.4, -0.2) is 70.5 Å². The van der Waals surface area contributed by atoms with Crippen LogP contribution in [0.25, 0.3) is 0 Å². The third kappa shape index (κ3) is 6.23. The maximum atomic E-state index is 12.7. The Morgan fingerprint density at radius 3 is 2.27 bits per heavy atom. The highest BCUT2D eigenvalue weighted by molar-refractivity contribution is 5.68. The number of H-pyrrole nitrogens is 1. The van der Waals surface area contributed by atoms with Crippen LogP contribution in [0.15, 0.2) is 23.3 Å². The van der Waals surface area contributed by atoms with Crippen molar-refractivity contribution in [1.29, 1.82) is 0 Å². The van der Waals surface area contributed by atoms with E-state index in [0.29, 0.717) is 18.5 Å². The summed E-state index contributed by atoms with van der Waals surface area (Å²) in [6.45, 7) is 0.672. The van der Waals surface area contributed by atoms with Crippen molar-refractivity contribution in [3.05, 3.63) is 39.9 Å². The fourth-order valence-electron chi connectivity index (χ4n) is 2.84. The standard InChI is InChI=1S/C17H17F6N7O3/c18-16(19,20)10-8-25-14(26-9-10)29-2-4-30(5-3-29)15(32)33-6-1-24-12-7-11(17(21,22)23)13(31)28-27-12/h7-9H,1-6H2,(H,24,27)(H,28,31). The first kappa shape index (κ1) is 24.1. The number of alkyl halides is 6. The van der Waals surface area contributed by atoms with Crippen molar-refractivity contribution in [3.63, 3.8) is 0 Å². The van der Waals surface area contributed by atoms with Gasteiger partial charge in [-0.3, -0.25) is 4.79 Å². The summed E-state index contributed by atoms with van der Waals surface area (Å²) in [6.07, 6.45) is -8.68. The van der Waals surface area contributed by atoms with E-state index in [4.69, 9.17) is 4.74 Å². The lowest BCUT2D eigenvalue weighted by Gasteiger charge is -2.34. The Morgan fingerprint density at radius 2 is 1.70 bits per heavy atom. The van der Waals surface area contributed by atoms with Gasteiger partial charge in [0.15, 0.2) is 0 Å². The van der Waals surface area contributed by atoms with Crippen molar-refractivity contribution in [1.82, 2.24) is 25.1 Å². The zero-order valence-electron chi connectivity index (χ0n) is 16.7. The Hall–Kier alpha value is -3.59. The van der Waals surface area contributed by atoms with E-state index in [2.05, 4.69) is 20.4 Å². The molecule has 0 aliphatic carbocycles. The van der Waals surface area contributed by atoms with Crippen LogP contribution in [-0.2, 0) is 17.1 Å². The molecule has 3 rings (SSSR count). The van der Waals surface area contributed by atoms with E-state index in [1.807, 2.05) is 0 Å². The number of nitrogens with one attached hydrogen (secondary N) is 2. The summed E-state index contributed by atoms with van der Waals surface area (Å²) in [6, 6.07) is 0.545. The molecule has 2 aromatic heterocycles. The fourth-order valence-corrected chi connectivity index (χ4v) is 2.84. The minimum Gasteiger partial charge on any atom is -0.448 e. The number of hydrogen-bond donors (Lipinski definition) is 2. The highest BCUT2D eigenvalue weighted by Gasteiger charge is 2.34. The molecule has 0 atom stereocenters. The Bertz CT molecular complexity index is 1020. The summed E-state index contributed by atoms with van der Waals surface area (Å²) in [5.74, 6) is -0.144. The van der Waals surface area contributed by atoms with Crippen LogP contribution in [0.3, 0.4) is 0 Å². The normalized spacial score (nSPS) is 14.8. The molecule has 1 saturated heterocycles. The Balaban J connectivity index is 1.42. The average molecular weight is 481 g/mol. The van der Waals surface area contributed by atoms with Gasteiger partial charge in [0.25, 0.3) is 5.56 Å². The van der Waals surface area contributed by atoms with Crippen molar-refractivity contribution >= 4 is 17.9 Å². The van der Waals surface area contributed by atoms with E-state index < -0.39 is 35.1 Å². The number of aromatic nitrogens is 4. The van der Waals surface area contributed by atoms with Crippen molar-refractivity contribution in [2.45, 2.75) is 12.4 Å². The van der Waals surface area contributed by atoms with Crippen LogP contribution in [0.1, 0.15) is 11.1 Å². The quantitative estimate of drug-likeness (QED) is 0.492. The van der Waals surface area contributed by atoms with Gasteiger partial charge in [-0.25, -0.2) is 19.9 Å². The minimum atomic E-state index is -4.84. The number of halogens is 6. The second-order valence-corrected chi connectivity index (χ2v) is 6.78. The number of ether oxygens (including phenoxy) is 1. The molecule has 0 aromatic carbocycles. The minimum absolute atomic E-state index is 0.0680. The summed E-state index contributed by atoms with van der Waals surface area (Å²) >= 11 is 0. The SMILES string of the molecule is O=C(OCCNc1cc(C(F)(F)F)c(=O)[nH]n1)N1CCN(c2ncc(C(F)(F)F)cn2)CC1. The Kier molecular flexibility index (Phi) is 6.92. The first-order valence-corrected chi connectivity index (χ1v) is 9.42. The van der Waals surface area contributed by atoms with Gasteiger partial charge in [0, 0.05) is 44.6 Å². The first-order valence-electron chi connectivity index (χ1n) is 9.42. The smallest absolute Gasteiger partial charge is 0.421 e. The van der Waals surface area contributed by atoms with Crippen LogP contribution in [0.4, 0.5) is 42.9 Å². The molecule has 33 heavy (non-hydrogen) atoms. The summed E-state index contributed by atoms with van der Waals surface area (Å²) in [4.78, 5) is 33.7. The highest BCUT2D eigenvalue weighted by atomic mass is 19.4. The van der Waals surface area contributed by atoms with Gasteiger partial charge in [-0.15, -0.1) is 0 Å². The molecule has 0 radical (unpaired) electrons. The van der Waals surface area contributed by atoms with Gasteiger partial charge in [-0.05, 0) is 0 Å². The van der Waals surface area contributed by atoms with Gasteiger partial charge in [0.1, 0.15) is 18.0 Å². The zero-order valence-corrected chi connectivity index (χ0v) is 16.7. The third-order valence-corrected chi connectivity index (χ3v) is 4.53. The van der Waals surface area contributed by atoms with E-state index in [9.17, 15) is 35.9 Å². The monoisotopic (exact) mass is 481 g/mol. The largest absolute Gasteiger partial charge is 0.448 e. The molecule has 16 heteroatoms. The van der Waals surface area contributed by atoms with Crippen LogP contribution >= 0.6 is 0 Å². The number of amides is 1. The van der Waals surface area contributed by atoms with Crippen molar-refractivity contribution < 1.29 is 35.9 Å². The molecule has 10 nitrogen and oxygen atoms in total. The summed E-state index contributed by atoms with van der Waals surface area (Å²) in [7, 11) is 0. The van der Waals surface area contributed by atoms with E-state index >= 15 is 0 Å². The van der Waals surface area contributed by atoms with Crippen molar-refractivity contribution in [2.75, 3.05) is 49.5 Å². The lowest BCUT2D eigenvalue weighted by molar-refractivity contribution is -0.139. The fraction of sp³-hybridized carbons (Fsp3) is 0.471. The van der Waals surface area contributed by atoms with E-state index in [1.54, 1.807) is 10.00 Å². The molecule has 0 spiro atoms. The molecule has 180 valence electrons. The van der Waals surface area contributed by atoms with Crippen LogP contribution in [0, 0.1) is 0 Å². The molecule has 3 heterocycles. The summed E-state index contributed by atoms with van der Waals surface area (Å²) < 4.78 is 81.0. The van der Waals surface area contributed by atoms with Gasteiger partial charge in [-0.2, -0.15) is 31.4 Å². The molecule has 1 amide bonds. The molecule has 1 aliphatic heterocycles.